The summed E-state index contributed by atoms with van der Waals surface area (Å²) < 4.78 is 37.5. The summed E-state index contributed by atoms with van der Waals surface area (Å²) in [6, 6.07) is 24.8. The zero-order chi connectivity index (χ0) is 44.5. The molecule has 0 unspecified atom stereocenters. The third-order valence-electron chi connectivity index (χ3n) is 14.0. The van der Waals surface area contributed by atoms with E-state index in [1.165, 1.54) is 37.5 Å². The van der Waals surface area contributed by atoms with Crippen LogP contribution in [0, 0.1) is 23.5 Å². The van der Waals surface area contributed by atoms with Crippen molar-refractivity contribution in [3.05, 3.63) is 143 Å². The third kappa shape index (κ3) is 8.45. The van der Waals surface area contributed by atoms with Crippen LogP contribution in [0.3, 0.4) is 0 Å². The van der Waals surface area contributed by atoms with Gasteiger partial charge in [-0.15, -0.1) is 0 Å². The third-order valence-corrected chi connectivity index (χ3v) is 14.0. The van der Waals surface area contributed by atoms with E-state index in [2.05, 4.69) is 33.8 Å². The van der Waals surface area contributed by atoms with E-state index < -0.39 is 0 Å². The Hall–Kier alpha value is -6.56. The molecule has 4 heterocycles. The number of aromatic amines is 2. The van der Waals surface area contributed by atoms with Gasteiger partial charge >= 0.3 is 11.9 Å². The van der Waals surface area contributed by atoms with Gasteiger partial charge in [-0.05, 0) is 159 Å². The predicted octanol–water partition coefficient (Wildman–Crippen LogP) is 12.2. The number of H-pyrrole nitrogens is 2. The number of fused-ring (bicyclic) bond motifs is 4. The van der Waals surface area contributed by atoms with Gasteiger partial charge < -0.3 is 19.4 Å². The number of nitrogens with one attached hydrogen (secondary N) is 2. The summed E-state index contributed by atoms with van der Waals surface area (Å²) in [6.45, 7) is 4.41. The number of nitrogens with zero attached hydrogens (tertiary/aromatic N) is 4. The molecule has 0 amide bonds. The molecule has 0 spiro atoms. The maximum absolute atomic E-state index is 13.9. The van der Waals surface area contributed by atoms with E-state index in [-0.39, 0.29) is 35.4 Å². The fourth-order valence-corrected chi connectivity index (χ4v) is 10.4. The lowest BCUT2D eigenvalue weighted by Crippen LogP contribution is -2.19. The Bertz CT molecular complexity index is 2780. The van der Waals surface area contributed by atoms with Crippen molar-refractivity contribution in [2.24, 2.45) is 11.8 Å². The number of halogens is 2. The molecule has 64 heavy (non-hydrogen) atoms. The molecule has 12 heteroatoms. The average molecular weight is 863 g/mol. The minimum absolute atomic E-state index is 0.217. The number of hydrogen-bond acceptors (Lipinski definition) is 8. The van der Waals surface area contributed by atoms with E-state index in [9.17, 15) is 18.4 Å². The van der Waals surface area contributed by atoms with E-state index in [4.69, 9.17) is 19.4 Å². The highest BCUT2D eigenvalue weighted by Crippen LogP contribution is 2.45. The molecule has 2 aliphatic rings. The van der Waals surface area contributed by atoms with Crippen molar-refractivity contribution in [1.29, 1.82) is 0 Å². The number of rotatable bonds is 8. The SMILES string of the molecule is COC(=O)c1cccc2[nH]c([C@@H](C)C3CCC(c4ccnc5ccc(F)cc45)CC3)nc12.COC(=O)c1cccc2[nH]c([C@H](C)C3CCC(c4ccnc5ccc(F)cc45)CC3)nc12. The second-order valence-electron chi connectivity index (χ2n) is 17.6. The molecule has 2 atom stereocenters. The van der Waals surface area contributed by atoms with Crippen LogP contribution in [0.2, 0.25) is 0 Å². The van der Waals surface area contributed by atoms with Gasteiger partial charge in [-0.3, -0.25) is 9.97 Å². The van der Waals surface area contributed by atoms with Crippen molar-refractivity contribution in [3.63, 3.8) is 0 Å². The molecule has 2 N–H and O–H groups in total. The first-order chi connectivity index (χ1) is 31.1. The molecular formula is C52H52F2N6O4. The Morgan fingerprint density at radius 1 is 0.578 bits per heavy atom. The summed E-state index contributed by atoms with van der Waals surface area (Å²) in [6.07, 6.45) is 12.2. The summed E-state index contributed by atoms with van der Waals surface area (Å²) in [5.41, 5.74) is 8.12. The van der Waals surface area contributed by atoms with Crippen LogP contribution in [0.5, 0.6) is 0 Å². The van der Waals surface area contributed by atoms with Gasteiger partial charge in [0.05, 0.1) is 47.4 Å². The second-order valence-corrected chi connectivity index (χ2v) is 17.6. The standard InChI is InChI=1S/2C26H26FN3O2/c2*1-15(25-29-23-5-3-4-20(24(23)30-25)26(31)32-2)16-6-8-17(9-7-16)19-12-13-28-22-11-10-18(27)14-21(19)22/h2*3-5,10-17H,6-9H2,1-2H3,(H,29,30)/t2*15-,16?,17?/m10/s1. The van der Waals surface area contributed by atoms with Gasteiger partial charge in [0.25, 0.3) is 0 Å². The van der Waals surface area contributed by atoms with Gasteiger partial charge in [0.15, 0.2) is 0 Å². The lowest BCUT2D eigenvalue weighted by Gasteiger charge is -2.32. The van der Waals surface area contributed by atoms with Crippen LogP contribution in [0.15, 0.2) is 97.3 Å². The van der Waals surface area contributed by atoms with Crippen LogP contribution in [-0.4, -0.2) is 56.1 Å². The van der Waals surface area contributed by atoms with E-state index in [0.717, 1.165) is 95.9 Å². The maximum atomic E-state index is 13.9. The van der Waals surface area contributed by atoms with Crippen molar-refractivity contribution in [1.82, 2.24) is 29.9 Å². The van der Waals surface area contributed by atoms with Crippen LogP contribution in [0.25, 0.3) is 43.9 Å². The minimum atomic E-state index is -0.372. The van der Waals surface area contributed by atoms with Gasteiger partial charge in [-0.2, -0.15) is 0 Å². The van der Waals surface area contributed by atoms with Gasteiger partial charge in [-0.25, -0.2) is 28.3 Å². The molecule has 0 bridgehead atoms. The predicted molar refractivity (Wildman–Crippen MR) is 244 cm³/mol. The van der Waals surface area contributed by atoms with Crippen LogP contribution >= 0.6 is 0 Å². The minimum Gasteiger partial charge on any atom is -0.465 e. The highest BCUT2D eigenvalue weighted by Gasteiger charge is 2.31. The number of pyridine rings is 2. The molecule has 8 aromatic rings. The number of aromatic nitrogens is 6. The largest absolute Gasteiger partial charge is 0.465 e. The first kappa shape index (κ1) is 42.7. The molecule has 4 aromatic heterocycles. The number of hydrogen-bond donors (Lipinski definition) is 2. The number of ether oxygens (including phenoxy) is 2. The Kier molecular flexibility index (Phi) is 12.2. The first-order valence-corrected chi connectivity index (χ1v) is 22.3. The van der Waals surface area contributed by atoms with E-state index in [0.29, 0.717) is 45.8 Å². The Morgan fingerprint density at radius 3 is 1.38 bits per heavy atom. The Morgan fingerprint density at radius 2 is 0.984 bits per heavy atom. The highest BCUT2D eigenvalue weighted by atomic mass is 19.1. The van der Waals surface area contributed by atoms with Gasteiger partial charge in [-0.1, -0.05) is 26.0 Å². The molecule has 10 rings (SSSR count). The average Bonchev–Trinajstić information content (AvgIpc) is 3.99. The quantitative estimate of drug-likeness (QED) is 0.144. The summed E-state index contributed by atoms with van der Waals surface area (Å²) in [5, 5.41) is 1.85. The number of carbonyl (C=O) groups is 2. The Balaban J connectivity index is 0.000000162. The van der Waals surface area contributed by atoms with Crippen molar-refractivity contribution < 1.29 is 27.8 Å². The van der Waals surface area contributed by atoms with Crippen molar-refractivity contribution in [2.45, 2.75) is 88.9 Å². The van der Waals surface area contributed by atoms with Crippen LogP contribution in [0.1, 0.15) is 132 Å². The van der Waals surface area contributed by atoms with Crippen LogP contribution in [-0.2, 0) is 9.47 Å². The molecule has 0 saturated heterocycles. The van der Waals surface area contributed by atoms with E-state index >= 15 is 0 Å². The smallest absolute Gasteiger partial charge is 0.340 e. The summed E-state index contributed by atoms with van der Waals surface area (Å²) in [5.74, 6) is 2.96. The van der Waals surface area contributed by atoms with Gasteiger partial charge in [0.2, 0.25) is 0 Å². The van der Waals surface area contributed by atoms with Crippen LogP contribution in [0.4, 0.5) is 8.78 Å². The van der Waals surface area contributed by atoms with E-state index in [1.807, 2.05) is 48.8 Å². The molecule has 0 aliphatic heterocycles. The molecule has 328 valence electrons. The van der Waals surface area contributed by atoms with Crippen molar-refractivity contribution >= 4 is 55.8 Å². The number of imidazole rings is 2. The molecule has 2 fully saturated rings. The Labute approximate surface area is 370 Å². The van der Waals surface area contributed by atoms with Gasteiger partial charge in [0.1, 0.15) is 34.3 Å². The lowest BCUT2D eigenvalue weighted by atomic mass is 9.73. The second kappa shape index (κ2) is 18.3. The fraction of sp³-hybridized carbons (Fsp3) is 0.346. The topological polar surface area (TPSA) is 136 Å². The highest BCUT2D eigenvalue weighted by molar-refractivity contribution is 6.02. The summed E-state index contributed by atoms with van der Waals surface area (Å²) in [4.78, 5) is 49.4. The molecule has 2 saturated carbocycles. The number of para-hydroxylation sites is 2. The lowest BCUT2D eigenvalue weighted by molar-refractivity contribution is 0.0594. The zero-order valence-electron chi connectivity index (χ0n) is 36.5. The summed E-state index contributed by atoms with van der Waals surface area (Å²) >= 11 is 0. The molecule has 0 radical (unpaired) electrons. The monoisotopic (exact) mass is 862 g/mol. The van der Waals surface area contributed by atoms with E-state index in [1.54, 1.807) is 36.4 Å². The first-order valence-electron chi connectivity index (χ1n) is 22.3. The molecule has 4 aromatic carbocycles. The molecule has 2 aliphatic carbocycles. The van der Waals surface area contributed by atoms with Crippen molar-refractivity contribution in [2.75, 3.05) is 14.2 Å². The fourth-order valence-electron chi connectivity index (χ4n) is 10.4. The van der Waals surface area contributed by atoms with Crippen molar-refractivity contribution in [3.8, 4) is 0 Å². The molecule has 10 nitrogen and oxygen atoms in total. The maximum Gasteiger partial charge on any atom is 0.340 e. The zero-order valence-corrected chi connectivity index (χ0v) is 36.5. The number of esters is 2. The normalized spacial score (nSPS) is 19.8. The number of carbonyl (C=O) groups excluding carboxylic acids is 2. The van der Waals surface area contributed by atoms with Crippen LogP contribution < -0.4 is 0 Å². The number of methoxy groups -OCH3 is 2. The van der Waals surface area contributed by atoms with Gasteiger partial charge in [0, 0.05) is 35.0 Å². The molecular weight excluding hydrogens is 811 g/mol. The summed E-state index contributed by atoms with van der Waals surface area (Å²) in [7, 11) is 2.77. The number of benzene rings is 4.